The van der Waals surface area contributed by atoms with Crippen molar-refractivity contribution >= 4 is 41.1 Å². The van der Waals surface area contributed by atoms with Gasteiger partial charge in [-0.2, -0.15) is 0 Å². The first-order valence-electron chi connectivity index (χ1n) is 21.0. The summed E-state index contributed by atoms with van der Waals surface area (Å²) in [6.45, 7) is 5.22. The van der Waals surface area contributed by atoms with Crippen LogP contribution in [0.25, 0.3) is 0 Å². The van der Waals surface area contributed by atoms with Crippen LogP contribution in [0.4, 0.5) is 25.0 Å². The third-order valence-corrected chi connectivity index (χ3v) is 10.3. The van der Waals surface area contributed by atoms with E-state index >= 15 is 0 Å². The highest BCUT2D eigenvalue weighted by Crippen LogP contribution is 2.35. The van der Waals surface area contributed by atoms with Crippen molar-refractivity contribution in [3.63, 3.8) is 0 Å². The van der Waals surface area contributed by atoms with Gasteiger partial charge in [0.2, 0.25) is 17.7 Å². The minimum Gasteiger partial charge on any atom is -0.508 e. The molecule has 1 aliphatic heterocycles. The summed E-state index contributed by atoms with van der Waals surface area (Å²) in [5.41, 5.74) is 7.82. The summed E-state index contributed by atoms with van der Waals surface area (Å²) in [6, 6.07) is 13.5. The van der Waals surface area contributed by atoms with Gasteiger partial charge in [-0.1, -0.05) is 49.4 Å². The van der Waals surface area contributed by atoms with Gasteiger partial charge in [-0.3, -0.25) is 39.2 Å². The third kappa shape index (κ3) is 13.0. The van der Waals surface area contributed by atoms with Crippen LogP contribution in [0.5, 0.6) is 11.5 Å². The van der Waals surface area contributed by atoms with E-state index in [1.54, 1.807) is 38.1 Å². The molecule has 0 saturated carbocycles. The molecule has 0 bridgehead atoms. The van der Waals surface area contributed by atoms with E-state index in [1.165, 1.54) is 0 Å². The Morgan fingerprint density at radius 1 is 0.859 bits per heavy atom. The molecule has 10 N–H and O–H groups in total. The Labute approximate surface area is 368 Å². The standard InChI is InChI=1S/C44H54F2N10O8/c1-3-35(58)49-19-20-52-44(63)55-43(47)51-16-9-15-34(41(61)53-23-29-31(45)21-28(57)22-32(29)46)54-42(62)37(26-11-6-5-7-12-26)56-24-27-13-8-14-33(30(27)25-56)48-17-10-18-50-36-38(59)39(60)40(36)64-4-2/h5-8,11-14,21-22,34,37,48,50,57H,3-4,9-10,15-20,23-25H2,1-2H3,(H,49,58)(H,53,61)(H,54,62)(H4,47,51,52,55,63)/t34-,37+/m1/s1. The van der Waals surface area contributed by atoms with Gasteiger partial charge >= 0.3 is 6.03 Å². The normalized spacial score (nSPS) is 13.3. The number of aliphatic imine (C=N–C) groups is 1. The van der Waals surface area contributed by atoms with Crippen molar-refractivity contribution in [1.29, 1.82) is 0 Å². The number of nitrogens with zero attached hydrogens (tertiary/aromatic N) is 2. The lowest BCUT2D eigenvalue weighted by molar-refractivity contribution is -0.132. The molecule has 0 radical (unpaired) electrons. The Morgan fingerprint density at radius 2 is 1.58 bits per heavy atom. The molecule has 0 fully saturated rings. The molecule has 342 valence electrons. The molecule has 0 unspecified atom stereocenters. The zero-order valence-electron chi connectivity index (χ0n) is 35.7. The number of amides is 5. The largest absolute Gasteiger partial charge is 0.508 e. The van der Waals surface area contributed by atoms with Crippen molar-refractivity contribution in [2.75, 3.05) is 50.0 Å². The van der Waals surface area contributed by atoms with Crippen molar-refractivity contribution in [3.8, 4) is 11.5 Å². The van der Waals surface area contributed by atoms with Crippen LogP contribution in [0.3, 0.4) is 0 Å². The second-order valence-electron chi connectivity index (χ2n) is 14.8. The molecule has 0 aliphatic carbocycles. The first-order valence-corrected chi connectivity index (χ1v) is 21.0. The zero-order valence-corrected chi connectivity index (χ0v) is 35.7. The number of fused-ring (bicyclic) bond motifs is 1. The third-order valence-electron chi connectivity index (χ3n) is 10.3. The number of phenolic OH excluding ortho intramolecular Hbond substituents is 1. The molecule has 20 heteroatoms. The van der Waals surface area contributed by atoms with E-state index in [-0.39, 0.29) is 62.4 Å². The second-order valence-corrected chi connectivity index (χ2v) is 14.8. The van der Waals surface area contributed by atoms with Gasteiger partial charge in [-0.05, 0) is 48.9 Å². The summed E-state index contributed by atoms with van der Waals surface area (Å²) >= 11 is 0. The molecule has 64 heavy (non-hydrogen) atoms. The van der Waals surface area contributed by atoms with E-state index in [2.05, 4.69) is 42.2 Å². The van der Waals surface area contributed by atoms with Crippen LogP contribution in [0.1, 0.15) is 67.8 Å². The topological polar surface area (TPSA) is 258 Å². The fraction of sp³-hybridized carbons (Fsp3) is 0.386. The van der Waals surface area contributed by atoms with Crippen LogP contribution >= 0.6 is 0 Å². The van der Waals surface area contributed by atoms with Gasteiger partial charge in [-0.15, -0.1) is 0 Å². The summed E-state index contributed by atoms with van der Waals surface area (Å²) in [4.78, 5) is 81.7. The number of nitrogens with two attached hydrogens (primary N) is 1. The van der Waals surface area contributed by atoms with E-state index in [0.717, 1.165) is 28.9 Å². The number of urea groups is 1. The van der Waals surface area contributed by atoms with E-state index in [0.29, 0.717) is 44.6 Å². The second kappa shape index (κ2) is 23.4. The maximum absolute atomic E-state index is 14.6. The molecule has 0 saturated heterocycles. The molecule has 0 spiro atoms. The maximum Gasteiger partial charge on any atom is 0.321 e. The number of carbonyl (C=O) groups excluding carboxylic acids is 4. The molecule has 5 rings (SSSR count). The van der Waals surface area contributed by atoms with Crippen molar-refractivity contribution in [2.24, 2.45) is 10.7 Å². The highest BCUT2D eigenvalue weighted by atomic mass is 19.1. The average molecular weight is 889 g/mol. The molecule has 1 aliphatic rings. The van der Waals surface area contributed by atoms with E-state index in [9.17, 15) is 42.7 Å². The van der Waals surface area contributed by atoms with E-state index in [1.807, 2.05) is 29.2 Å². The number of phenols is 1. The predicted octanol–water partition coefficient (Wildman–Crippen LogP) is 2.36. The number of hydrogen-bond donors (Lipinski definition) is 9. The van der Waals surface area contributed by atoms with Crippen LogP contribution in [0.2, 0.25) is 0 Å². The number of halogens is 2. The van der Waals surface area contributed by atoms with Crippen molar-refractivity contribution in [3.05, 3.63) is 115 Å². The number of guanidine groups is 1. The number of rotatable bonds is 23. The van der Waals surface area contributed by atoms with Gasteiger partial charge in [0, 0.05) is 82.2 Å². The Morgan fingerprint density at radius 3 is 2.30 bits per heavy atom. The van der Waals surface area contributed by atoms with Gasteiger partial charge in [0.05, 0.1) is 6.61 Å². The molecule has 1 heterocycles. The fourth-order valence-electron chi connectivity index (χ4n) is 7.07. The van der Waals surface area contributed by atoms with Crippen LogP contribution in [-0.4, -0.2) is 85.1 Å². The number of aromatic hydroxyl groups is 1. The zero-order chi connectivity index (χ0) is 46.2. The molecule has 4 aromatic carbocycles. The van der Waals surface area contributed by atoms with Gasteiger partial charge in [0.15, 0.2) is 11.7 Å². The van der Waals surface area contributed by atoms with Gasteiger partial charge in [0.1, 0.15) is 35.2 Å². The first-order chi connectivity index (χ1) is 30.8. The lowest BCUT2D eigenvalue weighted by Gasteiger charge is -2.29. The van der Waals surface area contributed by atoms with Gasteiger partial charge in [0.25, 0.3) is 10.9 Å². The highest BCUT2D eigenvalue weighted by Gasteiger charge is 2.35. The highest BCUT2D eigenvalue weighted by molar-refractivity contribution is 5.95. The summed E-state index contributed by atoms with van der Waals surface area (Å²) in [5, 5.41) is 28.9. The number of carbonyl (C=O) groups is 4. The molecular weight excluding hydrogens is 835 g/mol. The number of hydrogen-bond acceptors (Lipinski definition) is 12. The molecule has 18 nitrogen and oxygen atoms in total. The van der Waals surface area contributed by atoms with Crippen LogP contribution in [0.15, 0.2) is 75.2 Å². The molecule has 2 atom stereocenters. The van der Waals surface area contributed by atoms with Crippen molar-refractivity contribution in [1.82, 2.24) is 31.5 Å². The Kier molecular flexibility index (Phi) is 17.5. The van der Waals surface area contributed by atoms with Gasteiger partial charge in [-0.25, -0.2) is 13.6 Å². The van der Waals surface area contributed by atoms with Crippen molar-refractivity contribution in [2.45, 2.75) is 71.2 Å². The summed E-state index contributed by atoms with van der Waals surface area (Å²) < 4.78 is 34.5. The van der Waals surface area contributed by atoms with Crippen LogP contribution < -0.4 is 58.5 Å². The average Bonchev–Trinajstić information content (AvgIpc) is 3.71. The minimum absolute atomic E-state index is 0.0115. The Bertz CT molecular complexity index is 2350. The Balaban J connectivity index is 1.25. The summed E-state index contributed by atoms with van der Waals surface area (Å²) in [6.07, 6.45) is 1.11. The van der Waals surface area contributed by atoms with Crippen LogP contribution in [-0.2, 0) is 34.0 Å². The first kappa shape index (κ1) is 48.0. The molecule has 4 aromatic rings. The number of nitrogens with one attached hydrogen (secondary N) is 7. The SMILES string of the molecule is CCOc1c(NCCCNc2cccc3c2CN([C@H](C(=O)N[C@H](CCCN=C(N)NC(=O)NCCNC(=O)CC)C(=O)NCc2c(F)cc(O)cc2F)c2ccccc2)C3)c(=O)c1=O. The van der Waals surface area contributed by atoms with Crippen LogP contribution in [0, 0.1) is 11.6 Å². The maximum atomic E-state index is 14.6. The molecule has 5 amide bonds. The number of benzene rings is 3. The quantitative estimate of drug-likeness (QED) is 0.0225. The monoisotopic (exact) mass is 888 g/mol. The summed E-state index contributed by atoms with van der Waals surface area (Å²) in [5.74, 6) is -4.31. The number of anilines is 2. The van der Waals surface area contributed by atoms with Crippen molar-refractivity contribution < 1.29 is 37.8 Å². The lowest BCUT2D eigenvalue weighted by atomic mass is 10.0. The number of ether oxygens (including phenoxy) is 1. The van der Waals surface area contributed by atoms with Gasteiger partial charge < -0.3 is 47.5 Å². The Hall–Kier alpha value is -7.09. The predicted molar refractivity (Wildman–Crippen MR) is 236 cm³/mol. The molecular formula is C44H54F2N10O8. The molecule has 0 aromatic heterocycles. The minimum atomic E-state index is -1.21. The van der Waals surface area contributed by atoms with E-state index in [4.69, 9.17) is 10.5 Å². The summed E-state index contributed by atoms with van der Waals surface area (Å²) in [7, 11) is 0. The van der Waals surface area contributed by atoms with E-state index < -0.39 is 70.3 Å². The smallest absolute Gasteiger partial charge is 0.321 e. The fourth-order valence-corrected chi connectivity index (χ4v) is 7.07. The lowest BCUT2D eigenvalue weighted by Crippen LogP contribution is -2.50.